The molecule has 0 spiro atoms. The van der Waals surface area contributed by atoms with E-state index in [0.717, 1.165) is 31.6 Å². The predicted octanol–water partition coefficient (Wildman–Crippen LogP) is 2.64. The van der Waals surface area contributed by atoms with Gasteiger partial charge in [0.15, 0.2) is 0 Å². The number of benzene rings is 1. The minimum Gasteiger partial charge on any atom is -0.387 e. The zero-order chi connectivity index (χ0) is 14.3. The first kappa shape index (κ1) is 16.2. The Morgan fingerprint density at radius 2 is 1.89 bits per heavy atom. The summed E-state index contributed by atoms with van der Waals surface area (Å²) < 4.78 is 5.05. The van der Waals surface area contributed by atoms with Gasteiger partial charge in [-0.1, -0.05) is 31.2 Å². The summed E-state index contributed by atoms with van der Waals surface area (Å²) in [5.74, 6) is 0. The zero-order valence-electron chi connectivity index (χ0n) is 12.6. The third-order valence-electron chi connectivity index (χ3n) is 3.74. The minimum atomic E-state index is -0.446. The lowest BCUT2D eigenvalue weighted by atomic mass is 10.0. The first-order chi connectivity index (χ1) is 9.10. The van der Waals surface area contributed by atoms with Crippen molar-refractivity contribution in [2.75, 3.05) is 27.3 Å². The van der Waals surface area contributed by atoms with E-state index in [-0.39, 0.29) is 6.04 Å². The number of nitrogens with zero attached hydrogens (tertiary/aromatic N) is 1. The van der Waals surface area contributed by atoms with Crippen LogP contribution in [0.5, 0.6) is 0 Å². The molecule has 2 unspecified atom stereocenters. The molecule has 108 valence electrons. The van der Waals surface area contributed by atoms with Crippen LogP contribution >= 0.6 is 0 Å². The van der Waals surface area contributed by atoms with Gasteiger partial charge in [-0.25, -0.2) is 0 Å². The zero-order valence-corrected chi connectivity index (χ0v) is 12.6. The summed E-state index contributed by atoms with van der Waals surface area (Å²) in [4.78, 5) is 2.18. The number of aryl methyl sites for hydroxylation is 1. The second kappa shape index (κ2) is 8.31. The van der Waals surface area contributed by atoms with E-state index in [9.17, 15) is 5.11 Å². The lowest BCUT2D eigenvalue weighted by molar-refractivity contribution is 0.0670. The molecule has 0 amide bonds. The molecule has 0 bridgehead atoms. The smallest absolute Gasteiger partial charge is 0.0942 e. The molecule has 0 aliphatic rings. The van der Waals surface area contributed by atoms with E-state index in [2.05, 4.69) is 30.9 Å². The van der Waals surface area contributed by atoms with E-state index in [1.54, 1.807) is 7.11 Å². The van der Waals surface area contributed by atoms with Crippen molar-refractivity contribution in [1.82, 2.24) is 4.90 Å². The third kappa shape index (κ3) is 4.94. The highest BCUT2D eigenvalue weighted by Crippen LogP contribution is 2.20. The van der Waals surface area contributed by atoms with Crippen LogP contribution in [0.4, 0.5) is 0 Å². The molecule has 1 N–H and O–H groups in total. The van der Waals surface area contributed by atoms with E-state index in [1.165, 1.54) is 5.56 Å². The molecular weight excluding hydrogens is 238 g/mol. The molecule has 0 heterocycles. The fourth-order valence-corrected chi connectivity index (χ4v) is 2.13. The highest BCUT2D eigenvalue weighted by atomic mass is 16.5. The molecule has 0 saturated carbocycles. The molecular formula is C16H27NO2. The van der Waals surface area contributed by atoms with Crippen LogP contribution in [0.1, 0.15) is 37.5 Å². The van der Waals surface area contributed by atoms with Gasteiger partial charge in [0.05, 0.1) is 6.10 Å². The standard InChI is InChI=1S/C16H27NO2/c1-5-14-7-9-15(10-8-14)16(18)13(2)17(3)11-6-12-19-4/h7-10,13,16,18H,5-6,11-12H2,1-4H3. The second-order valence-corrected chi connectivity index (χ2v) is 5.11. The maximum atomic E-state index is 10.4. The van der Waals surface area contributed by atoms with Crippen LogP contribution in [0.3, 0.4) is 0 Å². The number of ether oxygens (including phenoxy) is 1. The Bertz CT molecular complexity index is 350. The molecule has 0 aliphatic heterocycles. The summed E-state index contributed by atoms with van der Waals surface area (Å²) in [5.41, 5.74) is 2.29. The summed E-state index contributed by atoms with van der Waals surface area (Å²) in [5, 5.41) is 10.4. The Labute approximate surface area is 117 Å². The normalized spacial score (nSPS) is 14.6. The third-order valence-corrected chi connectivity index (χ3v) is 3.74. The summed E-state index contributed by atoms with van der Waals surface area (Å²) in [7, 11) is 3.76. The highest BCUT2D eigenvalue weighted by Gasteiger charge is 2.19. The van der Waals surface area contributed by atoms with Crippen molar-refractivity contribution >= 4 is 0 Å². The first-order valence-electron chi connectivity index (χ1n) is 7.06. The fraction of sp³-hybridized carbons (Fsp3) is 0.625. The van der Waals surface area contributed by atoms with Gasteiger partial charge in [0.25, 0.3) is 0 Å². The van der Waals surface area contributed by atoms with E-state index in [1.807, 2.05) is 19.2 Å². The Kier molecular flexibility index (Phi) is 7.06. The van der Waals surface area contributed by atoms with Crippen molar-refractivity contribution in [3.8, 4) is 0 Å². The summed E-state index contributed by atoms with van der Waals surface area (Å²) in [6.45, 7) is 5.89. The molecule has 0 aliphatic carbocycles. The van der Waals surface area contributed by atoms with Crippen LogP contribution in [0.15, 0.2) is 24.3 Å². The average molecular weight is 265 g/mol. The number of likely N-dealkylation sites (N-methyl/N-ethyl adjacent to an activating group) is 1. The van der Waals surface area contributed by atoms with Gasteiger partial charge in [0.2, 0.25) is 0 Å². The molecule has 1 aromatic carbocycles. The van der Waals surface area contributed by atoms with Gasteiger partial charge in [0, 0.05) is 26.3 Å². The summed E-state index contributed by atoms with van der Waals surface area (Å²) >= 11 is 0. The van der Waals surface area contributed by atoms with Crippen molar-refractivity contribution in [2.45, 2.75) is 38.8 Å². The van der Waals surface area contributed by atoms with Crippen LogP contribution in [-0.4, -0.2) is 43.4 Å². The van der Waals surface area contributed by atoms with Crippen LogP contribution in [0, 0.1) is 0 Å². The van der Waals surface area contributed by atoms with Gasteiger partial charge in [0.1, 0.15) is 0 Å². The van der Waals surface area contributed by atoms with E-state index in [4.69, 9.17) is 4.74 Å². The molecule has 19 heavy (non-hydrogen) atoms. The van der Waals surface area contributed by atoms with E-state index >= 15 is 0 Å². The number of hydrogen-bond donors (Lipinski definition) is 1. The average Bonchev–Trinajstić information content (AvgIpc) is 2.46. The molecule has 2 atom stereocenters. The molecule has 0 aromatic heterocycles. The molecule has 0 saturated heterocycles. The number of methoxy groups -OCH3 is 1. The van der Waals surface area contributed by atoms with Crippen LogP contribution in [0.25, 0.3) is 0 Å². The van der Waals surface area contributed by atoms with Crippen molar-refractivity contribution < 1.29 is 9.84 Å². The molecule has 0 fully saturated rings. The number of hydrogen-bond acceptors (Lipinski definition) is 3. The van der Waals surface area contributed by atoms with Crippen LogP contribution in [-0.2, 0) is 11.2 Å². The molecule has 1 rings (SSSR count). The maximum absolute atomic E-state index is 10.4. The van der Waals surface area contributed by atoms with Gasteiger partial charge >= 0.3 is 0 Å². The Morgan fingerprint density at radius 3 is 2.42 bits per heavy atom. The minimum absolute atomic E-state index is 0.101. The SMILES string of the molecule is CCc1ccc(C(O)C(C)N(C)CCCOC)cc1. The van der Waals surface area contributed by atoms with Gasteiger partial charge < -0.3 is 14.7 Å². The van der Waals surface area contributed by atoms with Crippen molar-refractivity contribution in [1.29, 1.82) is 0 Å². The molecule has 0 radical (unpaired) electrons. The van der Waals surface area contributed by atoms with Gasteiger partial charge in [-0.05, 0) is 37.9 Å². The Hall–Kier alpha value is -0.900. The number of rotatable bonds is 8. The van der Waals surface area contributed by atoms with Gasteiger partial charge in [-0.2, -0.15) is 0 Å². The highest BCUT2D eigenvalue weighted by molar-refractivity contribution is 5.24. The van der Waals surface area contributed by atoms with Gasteiger partial charge in [-0.15, -0.1) is 0 Å². The van der Waals surface area contributed by atoms with Crippen molar-refractivity contribution in [3.63, 3.8) is 0 Å². The van der Waals surface area contributed by atoms with Crippen molar-refractivity contribution in [3.05, 3.63) is 35.4 Å². The largest absolute Gasteiger partial charge is 0.387 e. The van der Waals surface area contributed by atoms with Gasteiger partial charge in [-0.3, -0.25) is 0 Å². The summed E-state index contributed by atoms with van der Waals surface area (Å²) in [6, 6.07) is 8.35. The Balaban J connectivity index is 2.56. The van der Waals surface area contributed by atoms with Crippen LogP contribution in [0.2, 0.25) is 0 Å². The van der Waals surface area contributed by atoms with Crippen molar-refractivity contribution in [2.24, 2.45) is 0 Å². The number of aliphatic hydroxyl groups excluding tert-OH is 1. The van der Waals surface area contributed by atoms with E-state index in [0.29, 0.717) is 0 Å². The fourth-order valence-electron chi connectivity index (χ4n) is 2.13. The number of aliphatic hydroxyl groups is 1. The first-order valence-corrected chi connectivity index (χ1v) is 7.06. The molecule has 3 heteroatoms. The lowest BCUT2D eigenvalue weighted by Crippen LogP contribution is -2.35. The van der Waals surface area contributed by atoms with Crippen LogP contribution < -0.4 is 0 Å². The monoisotopic (exact) mass is 265 g/mol. The molecule has 1 aromatic rings. The summed E-state index contributed by atoms with van der Waals surface area (Å²) in [6.07, 6.45) is 1.57. The second-order valence-electron chi connectivity index (χ2n) is 5.11. The van der Waals surface area contributed by atoms with E-state index < -0.39 is 6.10 Å². The quantitative estimate of drug-likeness (QED) is 0.733. The topological polar surface area (TPSA) is 32.7 Å². The maximum Gasteiger partial charge on any atom is 0.0942 e. The molecule has 3 nitrogen and oxygen atoms in total. The Morgan fingerprint density at radius 1 is 1.26 bits per heavy atom. The lowest BCUT2D eigenvalue weighted by Gasteiger charge is -2.29. The predicted molar refractivity (Wildman–Crippen MR) is 79.4 cm³/mol.